The van der Waals surface area contributed by atoms with Gasteiger partial charge in [0.2, 0.25) is 15.9 Å². The van der Waals surface area contributed by atoms with E-state index in [2.05, 4.69) is 4.98 Å². The summed E-state index contributed by atoms with van der Waals surface area (Å²) in [5, 5.41) is 0. The molecule has 0 saturated carbocycles. The monoisotopic (exact) mass is 420 g/mol. The number of hydrogen-bond acceptors (Lipinski definition) is 5. The van der Waals surface area contributed by atoms with Crippen molar-refractivity contribution in [1.29, 1.82) is 0 Å². The lowest BCUT2D eigenvalue weighted by molar-refractivity contribution is -0.141. The number of hydrogen-bond donors (Lipinski definition) is 0. The summed E-state index contributed by atoms with van der Waals surface area (Å²) in [6.45, 7) is 4.17. The zero-order valence-electron chi connectivity index (χ0n) is 17.2. The Morgan fingerprint density at radius 1 is 1.10 bits per heavy atom. The standard InChI is InChI=1S/C20H28N4O4S/c1-15-4-5-16(12-21-15)17(25)23-10-6-19(7-11-23)13-24(29(3,27)28)14-20(19)8-9-22(2)18(20)26/h4-5,12H,6-11,13-14H2,1-3H3. The third kappa shape index (κ3) is 3.15. The van der Waals surface area contributed by atoms with Gasteiger partial charge in [0.15, 0.2) is 0 Å². The third-order valence-electron chi connectivity index (χ3n) is 7.21. The first-order chi connectivity index (χ1) is 13.6. The van der Waals surface area contributed by atoms with Crippen molar-refractivity contribution in [3.8, 4) is 0 Å². The van der Waals surface area contributed by atoms with Crippen molar-refractivity contribution in [2.24, 2.45) is 10.8 Å². The first-order valence-corrected chi connectivity index (χ1v) is 11.9. The summed E-state index contributed by atoms with van der Waals surface area (Å²) >= 11 is 0. The third-order valence-corrected chi connectivity index (χ3v) is 8.40. The Kier molecular flexibility index (Phi) is 4.73. The molecule has 0 N–H and O–H groups in total. The Morgan fingerprint density at radius 2 is 1.79 bits per heavy atom. The lowest BCUT2D eigenvalue weighted by Gasteiger charge is -2.46. The topological polar surface area (TPSA) is 90.9 Å². The summed E-state index contributed by atoms with van der Waals surface area (Å²) in [4.78, 5) is 33.8. The van der Waals surface area contributed by atoms with E-state index in [4.69, 9.17) is 0 Å². The zero-order chi connectivity index (χ0) is 21.0. The Balaban J connectivity index is 1.58. The predicted molar refractivity (Wildman–Crippen MR) is 108 cm³/mol. The van der Waals surface area contributed by atoms with E-state index in [-0.39, 0.29) is 18.4 Å². The molecule has 3 fully saturated rings. The van der Waals surface area contributed by atoms with Gasteiger partial charge in [0, 0.05) is 57.1 Å². The SMILES string of the molecule is Cc1ccc(C(=O)N2CCC3(CC2)CN(S(C)(=O)=O)CC32CCN(C)C2=O)cn1. The number of piperidine rings is 1. The van der Waals surface area contributed by atoms with E-state index < -0.39 is 20.9 Å². The van der Waals surface area contributed by atoms with Crippen molar-refractivity contribution in [2.45, 2.75) is 26.2 Å². The molecule has 0 radical (unpaired) electrons. The normalized spacial score (nSPS) is 27.3. The lowest BCUT2D eigenvalue weighted by atomic mass is 9.60. The van der Waals surface area contributed by atoms with Crippen molar-refractivity contribution in [3.05, 3.63) is 29.6 Å². The van der Waals surface area contributed by atoms with Crippen LogP contribution in [-0.2, 0) is 14.8 Å². The van der Waals surface area contributed by atoms with Crippen molar-refractivity contribution < 1.29 is 18.0 Å². The van der Waals surface area contributed by atoms with E-state index in [1.165, 1.54) is 10.6 Å². The van der Waals surface area contributed by atoms with Gasteiger partial charge in [-0.3, -0.25) is 14.6 Å². The molecule has 29 heavy (non-hydrogen) atoms. The largest absolute Gasteiger partial charge is 0.345 e. The van der Waals surface area contributed by atoms with Gasteiger partial charge in [-0.15, -0.1) is 0 Å². The first-order valence-electron chi connectivity index (χ1n) is 10.0. The van der Waals surface area contributed by atoms with Crippen molar-refractivity contribution in [1.82, 2.24) is 19.1 Å². The van der Waals surface area contributed by atoms with Crippen LogP contribution in [0.15, 0.2) is 18.3 Å². The Bertz CT molecular complexity index is 938. The number of carbonyl (C=O) groups is 2. The van der Waals surface area contributed by atoms with Crippen LogP contribution < -0.4 is 0 Å². The number of pyridine rings is 1. The summed E-state index contributed by atoms with van der Waals surface area (Å²) < 4.78 is 26.1. The number of aryl methyl sites for hydroxylation is 1. The summed E-state index contributed by atoms with van der Waals surface area (Å²) in [5.41, 5.74) is 0.324. The molecule has 1 aromatic heterocycles. The fourth-order valence-electron chi connectivity index (χ4n) is 5.37. The van der Waals surface area contributed by atoms with E-state index in [1.807, 2.05) is 13.0 Å². The Labute approximate surface area is 171 Å². The molecule has 0 bridgehead atoms. The first kappa shape index (κ1) is 20.3. The summed E-state index contributed by atoms with van der Waals surface area (Å²) in [7, 11) is -1.60. The quantitative estimate of drug-likeness (QED) is 0.704. The molecule has 0 aliphatic carbocycles. The van der Waals surface area contributed by atoms with Gasteiger partial charge in [0.05, 0.1) is 17.2 Å². The summed E-state index contributed by atoms with van der Waals surface area (Å²) in [6.07, 6.45) is 4.74. The summed E-state index contributed by atoms with van der Waals surface area (Å²) in [6, 6.07) is 3.61. The smallest absolute Gasteiger partial charge is 0.255 e. The van der Waals surface area contributed by atoms with E-state index in [0.29, 0.717) is 51.0 Å². The predicted octanol–water partition coefficient (Wildman–Crippen LogP) is 0.736. The highest BCUT2D eigenvalue weighted by Gasteiger charge is 2.66. The van der Waals surface area contributed by atoms with E-state index >= 15 is 0 Å². The highest BCUT2D eigenvalue weighted by Crippen LogP contribution is 2.58. The van der Waals surface area contributed by atoms with Crippen molar-refractivity contribution in [2.75, 3.05) is 46.0 Å². The van der Waals surface area contributed by atoms with Gasteiger partial charge >= 0.3 is 0 Å². The zero-order valence-corrected chi connectivity index (χ0v) is 18.0. The molecule has 2 spiro atoms. The molecule has 9 heteroatoms. The second-order valence-corrected chi connectivity index (χ2v) is 10.8. The van der Waals surface area contributed by atoms with Crippen molar-refractivity contribution >= 4 is 21.8 Å². The van der Waals surface area contributed by atoms with Gasteiger partial charge in [0.1, 0.15) is 0 Å². The fourth-order valence-corrected chi connectivity index (χ4v) is 6.31. The maximum Gasteiger partial charge on any atom is 0.255 e. The van der Waals surface area contributed by atoms with Gasteiger partial charge in [-0.1, -0.05) is 0 Å². The van der Waals surface area contributed by atoms with Crippen LogP contribution in [0.2, 0.25) is 0 Å². The molecule has 1 atom stereocenters. The van der Waals surface area contributed by atoms with Gasteiger partial charge in [-0.2, -0.15) is 0 Å². The van der Waals surface area contributed by atoms with Crippen molar-refractivity contribution in [3.63, 3.8) is 0 Å². The number of carbonyl (C=O) groups excluding carboxylic acids is 2. The molecular formula is C20H28N4O4S. The highest BCUT2D eigenvalue weighted by molar-refractivity contribution is 7.88. The number of nitrogens with zero attached hydrogens (tertiary/aromatic N) is 4. The fraction of sp³-hybridized carbons (Fsp3) is 0.650. The average Bonchev–Trinajstić information content (AvgIpc) is 3.16. The van der Waals surface area contributed by atoms with E-state index in [9.17, 15) is 18.0 Å². The second-order valence-electron chi connectivity index (χ2n) is 8.85. The van der Waals surface area contributed by atoms with Crippen LogP contribution in [0.3, 0.4) is 0 Å². The van der Waals surface area contributed by atoms with Crippen LogP contribution in [0.1, 0.15) is 35.3 Å². The second kappa shape index (κ2) is 6.77. The van der Waals surface area contributed by atoms with Crippen LogP contribution >= 0.6 is 0 Å². The van der Waals surface area contributed by atoms with Crippen LogP contribution in [0.4, 0.5) is 0 Å². The van der Waals surface area contributed by atoms with E-state index in [1.54, 1.807) is 29.1 Å². The van der Waals surface area contributed by atoms with Crippen LogP contribution in [0.5, 0.6) is 0 Å². The molecule has 2 amide bonds. The van der Waals surface area contributed by atoms with E-state index in [0.717, 1.165) is 5.69 Å². The summed E-state index contributed by atoms with van der Waals surface area (Å²) in [5.74, 6) is -0.0135. The number of sulfonamides is 1. The minimum Gasteiger partial charge on any atom is -0.345 e. The minimum absolute atomic E-state index is 0.0474. The van der Waals surface area contributed by atoms with Crippen LogP contribution in [0, 0.1) is 17.8 Å². The molecule has 4 heterocycles. The number of rotatable bonds is 2. The molecule has 8 nitrogen and oxygen atoms in total. The highest BCUT2D eigenvalue weighted by atomic mass is 32.2. The molecule has 3 aliphatic rings. The lowest BCUT2D eigenvalue weighted by Crippen LogP contribution is -2.53. The molecular weight excluding hydrogens is 392 g/mol. The molecule has 3 saturated heterocycles. The molecule has 1 unspecified atom stereocenters. The molecule has 1 aromatic rings. The molecule has 0 aromatic carbocycles. The van der Waals surface area contributed by atoms with Gasteiger partial charge in [-0.25, -0.2) is 12.7 Å². The maximum atomic E-state index is 13.2. The van der Waals surface area contributed by atoms with Gasteiger partial charge < -0.3 is 9.80 Å². The Morgan fingerprint density at radius 3 is 2.31 bits per heavy atom. The minimum atomic E-state index is -3.39. The Hall–Kier alpha value is -2.00. The van der Waals surface area contributed by atoms with Crippen LogP contribution in [0.25, 0.3) is 0 Å². The number of amides is 2. The molecule has 4 rings (SSSR count). The number of aromatic nitrogens is 1. The maximum absolute atomic E-state index is 13.2. The average molecular weight is 421 g/mol. The molecule has 3 aliphatic heterocycles. The number of fused-ring (bicyclic) bond motifs is 1. The van der Waals surface area contributed by atoms with Crippen LogP contribution in [-0.4, -0.2) is 85.3 Å². The molecule has 158 valence electrons. The van der Waals surface area contributed by atoms with Gasteiger partial charge in [0.25, 0.3) is 5.91 Å². The number of likely N-dealkylation sites (tertiary alicyclic amines) is 2. The van der Waals surface area contributed by atoms with Gasteiger partial charge in [-0.05, 0) is 38.3 Å².